The van der Waals surface area contributed by atoms with Gasteiger partial charge in [-0.2, -0.15) is 0 Å². The van der Waals surface area contributed by atoms with Crippen molar-refractivity contribution in [3.8, 4) is 16.9 Å². The molecule has 1 aromatic heterocycles. The fraction of sp³-hybridized carbons (Fsp3) is 0.308. The van der Waals surface area contributed by atoms with E-state index >= 15 is 0 Å². The number of amides is 2. The Morgan fingerprint density at radius 3 is 2.65 bits per heavy atom. The van der Waals surface area contributed by atoms with Crippen molar-refractivity contribution < 1.29 is 23.8 Å². The van der Waals surface area contributed by atoms with Gasteiger partial charge in [-0.05, 0) is 55.8 Å². The number of nitrogens with zero attached hydrogens (tertiary/aromatic N) is 4. The van der Waals surface area contributed by atoms with Crippen LogP contribution in [0, 0.1) is 11.7 Å². The maximum absolute atomic E-state index is 14.2. The third kappa shape index (κ3) is 5.50. The molecule has 0 saturated carbocycles. The van der Waals surface area contributed by atoms with E-state index in [-0.39, 0.29) is 22.7 Å². The quantitative estimate of drug-likeness (QED) is 0.498. The van der Waals surface area contributed by atoms with E-state index in [1.807, 2.05) is 24.0 Å². The first-order chi connectivity index (χ1) is 17.8. The van der Waals surface area contributed by atoms with Gasteiger partial charge < -0.3 is 15.2 Å². The Hall–Kier alpha value is -3.76. The van der Waals surface area contributed by atoms with Crippen molar-refractivity contribution in [3.05, 3.63) is 65.5 Å². The van der Waals surface area contributed by atoms with Crippen LogP contribution in [0.2, 0.25) is 5.02 Å². The molecule has 2 amide bonds. The summed E-state index contributed by atoms with van der Waals surface area (Å²) in [5.41, 5.74) is 2.19. The lowest BCUT2D eigenvalue weighted by atomic mass is 10.1. The Balaban J connectivity index is 1.30. The molecule has 3 aromatic rings. The van der Waals surface area contributed by atoms with Gasteiger partial charge in [-0.15, -0.1) is 0 Å². The van der Waals surface area contributed by atoms with Crippen molar-refractivity contribution in [1.29, 1.82) is 0 Å². The first-order valence-corrected chi connectivity index (χ1v) is 12.3. The van der Waals surface area contributed by atoms with Crippen LogP contribution >= 0.6 is 11.6 Å². The van der Waals surface area contributed by atoms with Crippen molar-refractivity contribution in [2.24, 2.45) is 5.92 Å². The zero-order valence-electron chi connectivity index (χ0n) is 20.0. The number of carboxylic acid groups (broad SMARTS) is 1. The molecule has 2 aromatic carbocycles. The predicted octanol–water partition coefficient (Wildman–Crippen LogP) is 4.66. The Morgan fingerprint density at radius 1 is 1.16 bits per heavy atom. The summed E-state index contributed by atoms with van der Waals surface area (Å²) in [5, 5.41) is 12.0. The molecule has 2 aliphatic heterocycles. The number of carboxylic acids is 1. The second kappa shape index (κ2) is 10.3. The van der Waals surface area contributed by atoms with Gasteiger partial charge in [-0.3, -0.25) is 14.6 Å². The molecule has 1 saturated heterocycles. The SMILES string of the molecule is CC1CN(C(=O)Nc2ccc(Cl)cc2F)c2ccc(-c3cnc(CN4CCC(C(=O)O)C4)nc3)cc2O1. The first kappa shape index (κ1) is 24.9. The molecule has 1 fully saturated rings. The van der Waals surface area contributed by atoms with Gasteiger partial charge in [-0.25, -0.2) is 19.2 Å². The molecule has 2 atom stereocenters. The number of nitrogens with one attached hydrogen (secondary N) is 1. The molecular weight excluding hydrogens is 501 g/mol. The summed E-state index contributed by atoms with van der Waals surface area (Å²) in [7, 11) is 0. The summed E-state index contributed by atoms with van der Waals surface area (Å²) in [6.45, 7) is 3.84. The van der Waals surface area contributed by atoms with Crippen LogP contribution in [0.1, 0.15) is 19.2 Å². The van der Waals surface area contributed by atoms with Crippen molar-refractivity contribution >= 4 is 35.0 Å². The first-order valence-electron chi connectivity index (χ1n) is 11.9. The molecule has 11 heteroatoms. The molecule has 2 N–H and O–H groups in total. The highest BCUT2D eigenvalue weighted by Gasteiger charge is 2.30. The van der Waals surface area contributed by atoms with E-state index in [0.29, 0.717) is 49.9 Å². The van der Waals surface area contributed by atoms with Crippen molar-refractivity contribution in [2.45, 2.75) is 26.0 Å². The highest BCUT2D eigenvalue weighted by atomic mass is 35.5. The molecule has 0 bridgehead atoms. The van der Waals surface area contributed by atoms with E-state index in [0.717, 1.165) is 17.2 Å². The number of carbonyl (C=O) groups excluding carboxylic acids is 1. The van der Waals surface area contributed by atoms with E-state index in [2.05, 4.69) is 15.3 Å². The molecule has 192 valence electrons. The Morgan fingerprint density at radius 2 is 1.95 bits per heavy atom. The minimum absolute atomic E-state index is 0.0383. The van der Waals surface area contributed by atoms with E-state index in [1.54, 1.807) is 18.5 Å². The highest BCUT2D eigenvalue weighted by Crippen LogP contribution is 2.37. The van der Waals surface area contributed by atoms with Gasteiger partial charge in [0.25, 0.3) is 0 Å². The predicted molar refractivity (Wildman–Crippen MR) is 136 cm³/mol. The largest absolute Gasteiger partial charge is 0.487 e. The van der Waals surface area contributed by atoms with Crippen molar-refractivity contribution in [2.75, 3.05) is 29.9 Å². The van der Waals surface area contributed by atoms with Crippen LogP contribution in [-0.2, 0) is 11.3 Å². The number of fused-ring (bicyclic) bond motifs is 1. The molecule has 0 radical (unpaired) electrons. The summed E-state index contributed by atoms with van der Waals surface area (Å²) in [6, 6.07) is 9.03. The van der Waals surface area contributed by atoms with Gasteiger partial charge in [0.05, 0.1) is 30.4 Å². The molecule has 5 rings (SSSR count). The average molecular weight is 526 g/mol. The van der Waals surface area contributed by atoms with Crippen LogP contribution < -0.4 is 15.0 Å². The number of urea groups is 1. The number of carbonyl (C=O) groups is 2. The van der Waals surface area contributed by atoms with Gasteiger partial charge >= 0.3 is 12.0 Å². The molecule has 0 spiro atoms. The Kier molecular flexibility index (Phi) is 6.94. The monoisotopic (exact) mass is 525 g/mol. The number of ether oxygens (including phenoxy) is 1. The number of halogens is 2. The number of rotatable bonds is 5. The number of hydrogen-bond donors (Lipinski definition) is 2. The molecular formula is C26H25ClFN5O4. The Bertz CT molecular complexity index is 1340. The van der Waals surface area contributed by atoms with E-state index in [9.17, 15) is 19.1 Å². The third-order valence-electron chi connectivity index (χ3n) is 6.46. The molecule has 2 unspecified atom stereocenters. The summed E-state index contributed by atoms with van der Waals surface area (Å²) in [6.07, 6.45) is 3.78. The summed E-state index contributed by atoms with van der Waals surface area (Å²) < 4.78 is 20.2. The normalized spacial score (nSPS) is 19.3. The molecule has 0 aliphatic carbocycles. The van der Waals surface area contributed by atoms with Gasteiger partial charge in [0, 0.05) is 29.5 Å². The highest BCUT2D eigenvalue weighted by molar-refractivity contribution is 6.30. The third-order valence-corrected chi connectivity index (χ3v) is 6.70. The zero-order valence-corrected chi connectivity index (χ0v) is 20.8. The molecule has 2 aliphatic rings. The van der Waals surface area contributed by atoms with Gasteiger partial charge in [-0.1, -0.05) is 17.7 Å². The second-order valence-corrected chi connectivity index (χ2v) is 9.66. The number of anilines is 2. The van der Waals surface area contributed by atoms with E-state index in [4.69, 9.17) is 16.3 Å². The van der Waals surface area contributed by atoms with Crippen LogP contribution in [0.3, 0.4) is 0 Å². The maximum Gasteiger partial charge on any atom is 0.326 e. The standard InChI is InChI=1S/C26H25ClFN5O4/c1-15-12-33(26(36)31-21-4-3-19(27)9-20(21)28)22-5-2-16(8-23(22)37-15)18-10-29-24(30-11-18)14-32-7-6-17(13-32)25(34)35/h2-5,8-11,15,17H,6-7,12-14H2,1H3,(H,31,36)(H,34,35). The number of benzene rings is 2. The molecule has 3 heterocycles. The minimum atomic E-state index is -0.768. The Labute approximate surface area is 217 Å². The summed E-state index contributed by atoms with van der Waals surface area (Å²) in [4.78, 5) is 36.7. The lowest BCUT2D eigenvalue weighted by molar-refractivity contribution is -0.141. The number of aliphatic carboxylic acids is 1. The van der Waals surface area contributed by atoms with Crippen LogP contribution in [-0.4, -0.2) is 57.7 Å². The number of aromatic nitrogens is 2. The fourth-order valence-electron chi connectivity index (χ4n) is 4.55. The molecule has 37 heavy (non-hydrogen) atoms. The summed E-state index contributed by atoms with van der Waals surface area (Å²) in [5.74, 6) is -0.591. The van der Waals surface area contributed by atoms with Crippen LogP contribution in [0.25, 0.3) is 11.1 Å². The van der Waals surface area contributed by atoms with E-state index < -0.39 is 17.8 Å². The average Bonchev–Trinajstić information content (AvgIpc) is 3.34. The van der Waals surface area contributed by atoms with Gasteiger partial charge in [0.2, 0.25) is 0 Å². The van der Waals surface area contributed by atoms with Gasteiger partial charge in [0.15, 0.2) is 0 Å². The minimum Gasteiger partial charge on any atom is -0.487 e. The van der Waals surface area contributed by atoms with Crippen LogP contribution in [0.5, 0.6) is 5.75 Å². The van der Waals surface area contributed by atoms with Gasteiger partial charge in [0.1, 0.15) is 23.5 Å². The zero-order chi connectivity index (χ0) is 26.1. The number of hydrogen-bond acceptors (Lipinski definition) is 6. The topological polar surface area (TPSA) is 108 Å². The van der Waals surface area contributed by atoms with Crippen molar-refractivity contribution in [3.63, 3.8) is 0 Å². The molecule has 9 nitrogen and oxygen atoms in total. The van der Waals surface area contributed by atoms with Crippen molar-refractivity contribution in [1.82, 2.24) is 14.9 Å². The summed E-state index contributed by atoms with van der Waals surface area (Å²) >= 11 is 5.81. The smallest absolute Gasteiger partial charge is 0.326 e. The lowest BCUT2D eigenvalue weighted by Gasteiger charge is -2.33. The van der Waals surface area contributed by atoms with Crippen LogP contribution in [0.4, 0.5) is 20.6 Å². The van der Waals surface area contributed by atoms with Crippen LogP contribution in [0.15, 0.2) is 48.8 Å². The lowest BCUT2D eigenvalue weighted by Crippen LogP contribution is -2.44. The number of likely N-dealkylation sites (tertiary alicyclic amines) is 1. The van der Waals surface area contributed by atoms with E-state index in [1.165, 1.54) is 17.0 Å². The fourth-order valence-corrected chi connectivity index (χ4v) is 4.71. The maximum atomic E-state index is 14.2. The second-order valence-electron chi connectivity index (χ2n) is 9.22.